The van der Waals surface area contributed by atoms with E-state index in [0.29, 0.717) is 18.5 Å². The van der Waals surface area contributed by atoms with Crippen molar-refractivity contribution in [2.45, 2.75) is 46.2 Å². The third-order valence-corrected chi connectivity index (χ3v) is 2.75. The Morgan fingerprint density at radius 3 is 2.88 bits per heavy atom. The Hall–Kier alpha value is -1.52. The first kappa shape index (κ1) is 13.5. The van der Waals surface area contributed by atoms with Crippen molar-refractivity contribution in [1.82, 2.24) is 15.1 Å². The summed E-state index contributed by atoms with van der Waals surface area (Å²) in [5, 5.41) is 7.51. The normalized spacial score (nSPS) is 13.8. The van der Waals surface area contributed by atoms with Gasteiger partial charge in [0.05, 0.1) is 12.2 Å². The summed E-state index contributed by atoms with van der Waals surface area (Å²) in [6.07, 6.45) is 3.95. The molecule has 5 nitrogen and oxygen atoms in total. The van der Waals surface area contributed by atoms with Gasteiger partial charge in [-0.15, -0.1) is 0 Å². The third kappa shape index (κ3) is 4.09. The van der Waals surface area contributed by atoms with Crippen LogP contribution >= 0.6 is 0 Å². The highest BCUT2D eigenvalue weighted by atomic mass is 15.3. The van der Waals surface area contributed by atoms with E-state index < -0.39 is 0 Å². The lowest BCUT2D eigenvalue weighted by molar-refractivity contribution is 0.636. The molecule has 0 aliphatic heterocycles. The largest absolute Gasteiger partial charge is 0.370 e. The third-order valence-electron chi connectivity index (χ3n) is 2.75. The lowest BCUT2D eigenvalue weighted by Crippen LogP contribution is -2.38. The Bertz CT molecular complexity index is 380. The Morgan fingerprint density at radius 2 is 2.29 bits per heavy atom. The average Bonchev–Trinajstić information content (AvgIpc) is 2.66. The first-order chi connectivity index (χ1) is 8.06. The van der Waals surface area contributed by atoms with E-state index in [1.165, 1.54) is 0 Å². The number of aromatic nitrogens is 2. The SMILES string of the molecule is CCc1nn(C)cc1CN=C(N)NC(C)CC. The number of hydrogen-bond donors (Lipinski definition) is 2. The van der Waals surface area contributed by atoms with Crippen molar-refractivity contribution in [3.05, 3.63) is 17.5 Å². The van der Waals surface area contributed by atoms with Crippen LogP contribution in [0.25, 0.3) is 0 Å². The topological polar surface area (TPSA) is 68.2 Å². The Kier molecular flexibility index (Phi) is 5.00. The van der Waals surface area contributed by atoms with E-state index in [0.717, 1.165) is 24.1 Å². The number of nitrogens with one attached hydrogen (secondary N) is 1. The lowest BCUT2D eigenvalue weighted by Gasteiger charge is -2.11. The van der Waals surface area contributed by atoms with E-state index in [4.69, 9.17) is 5.73 Å². The molecule has 3 N–H and O–H groups in total. The van der Waals surface area contributed by atoms with E-state index in [-0.39, 0.29) is 0 Å². The number of rotatable bonds is 5. The zero-order valence-electron chi connectivity index (χ0n) is 11.2. The van der Waals surface area contributed by atoms with Crippen molar-refractivity contribution in [3.63, 3.8) is 0 Å². The molecule has 0 saturated heterocycles. The van der Waals surface area contributed by atoms with Crippen molar-refractivity contribution < 1.29 is 0 Å². The molecule has 1 rings (SSSR count). The van der Waals surface area contributed by atoms with Crippen LogP contribution in [0.5, 0.6) is 0 Å². The summed E-state index contributed by atoms with van der Waals surface area (Å²) in [5.41, 5.74) is 8.04. The van der Waals surface area contributed by atoms with E-state index >= 15 is 0 Å². The summed E-state index contributed by atoms with van der Waals surface area (Å²) < 4.78 is 1.82. The first-order valence-corrected chi connectivity index (χ1v) is 6.14. The van der Waals surface area contributed by atoms with Gasteiger partial charge in [0.2, 0.25) is 0 Å². The standard InChI is InChI=1S/C12H23N5/c1-5-9(3)15-12(13)14-7-10-8-17(4)16-11(10)6-2/h8-9H,5-7H2,1-4H3,(H3,13,14,15). The van der Waals surface area contributed by atoms with Crippen molar-refractivity contribution >= 4 is 5.96 Å². The van der Waals surface area contributed by atoms with Crippen LogP contribution in [-0.4, -0.2) is 21.8 Å². The molecule has 1 aromatic rings. The summed E-state index contributed by atoms with van der Waals surface area (Å²) in [6.45, 7) is 6.88. The van der Waals surface area contributed by atoms with Crippen LogP contribution in [0.15, 0.2) is 11.2 Å². The van der Waals surface area contributed by atoms with Gasteiger partial charge < -0.3 is 11.1 Å². The van der Waals surface area contributed by atoms with Crippen molar-refractivity contribution in [2.24, 2.45) is 17.8 Å². The van der Waals surface area contributed by atoms with Gasteiger partial charge in [-0.25, -0.2) is 4.99 Å². The fourth-order valence-electron chi connectivity index (χ4n) is 1.58. The number of hydrogen-bond acceptors (Lipinski definition) is 2. The van der Waals surface area contributed by atoms with Crippen LogP contribution in [0.3, 0.4) is 0 Å². The predicted molar refractivity (Wildman–Crippen MR) is 70.8 cm³/mol. The molecule has 0 fully saturated rings. The van der Waals surface area contributed by atoms with Crippen LogP contribution in [0.4, 0.5) is 0 Å². The maximum Gasteiger partial charge on any atom is 0.189 e. The monoisotopic (exact) mass is 237 g/mol. The second-order valence-electron chi connectivity index (χ2n) is 4.28. The van der Waals surface area contributed by atoms with Crippen molar-refractivity contribution in [1.29, 1.82) is 0 Å². The number of nitrogens with two attached hydrogens (primary N) is 1. The zero-order chi connectivity index (χ0) is 12.8. The van der Waals surface area contributed by atoms with Gasteiger partial charge in [-0.3, -0.25) is 4.68 Å². The van der Waals surface area contributed by atoms with Crippen LogP contribution < -0.4 is 11.1 Å². The highest BCUT2D eigenvalue weighted by molar-refractivity contribution is 5.78. The molecular formula is C12H23N5. The van der Waals surface area contributed by atoms with Crippen LogP contribution in [0, 0.1) is 0 Å². The molecule has 0 radical (unpaired) electrons. The summed E-state index contributed by atoms with van der Waals surface area (Å²) in [7, 11) is 1.92. The van der Waals surface area contributed by atoms with Crippen molar-refractivity contribution in [2.75, 3.05) is 0 Å². The highest BCUT2D eigenvalue weighted by Crippen LogP contribution is 2.08. The lowest BCUT2D eigenvalue weighted by atomic mass is 10.2. The average molecular weight is 237 g/mol. The fourth-order valence-corrected chi connectivity index (χ4v) is 1.58. The molecule has 0 bridgehead atoms. The summed E-state index contributed by atoms with van der Waals surface area (Å²) in [4.78, 5) is 4.33. The maximum absolute atomic E-state index is 5.81. The number of guanidine groups is 1. The quantitative estimate of drug-likeness (QED) is 0.597. The molecule has 0 aromatic carbocycles. The van der Waals surface area contributed by atoms with E-state index in [1.54, 1.807) is 0 Å². The van der Waals surface area contributed by atoms with Gasteiger partial charge in [0.15, 0.2) is 5.96 Å². The number of aliphatic imine (C=N–C) groups is 1. The molecule has 1 heterocycles. The highest BCUT2D eigenvalue weighted by Gasteiger charge is 2.05. The van der Waals surface area contributed by atoms with Crippen LogP contribution in [0.1, 0.15) is 38.4 Å². The van der Waals surface area contributed by atoms with Gasteiger partial charge >= 0.3 is 0 Å². The van der Waals surface area contributed by atoms with Gasteiger partial charge in [-0.1, -0.05) is 13.8 Å². The number of nitrogens with zero attached hydrogens (tertiary/aromatic N) is 3. The minimum absolute atomic E-state index is 0.360. The minimum Gasteiger partial charge on any atom is -0.370 e. The van der Waals surface area contributed by atoms with Gasteiger partial charge in [0.1, 0.15) is 0 Å². The first-order valence-electron chi connectivity index (χ1n) is 6.14. The summed E-state index contributed by atoms with van der Waals surface area (Å²) in [5.74, 6) is 0.505. The predicted octanol–water partition coefficient (Wildman–Crippen LogP) is 1.19. The zero-order valence-corrected chi connectivity index (χ0v) is 11.2. The Morgan fingerprint density at radius 1 is 1.59 bits per heavy atom. The van der Waals surface area contributed by atoms with Gasteiger partial charge in [0, 0.05) is 24.8 Å². The molecule has 0 aliphatic carbocycles. The second-order valence-corrected chi connectivity index (χ2v) is 4.28. The van der Waals surface area contributed by atoms with Crippen molar-refractivity contribution in [3.8, 4) is 0 Å². The van der Waals surface area contributed by atoms with Crippen LogP contribution in [0.2, 0.25) is 0 Å². The molecule has 17 heavy (non-hydrogen) atoms. The molecule has 96 valence electrons. The van der Waals surface area contributed by atoms with E-state index in [2.05, 4.69) is 36.2 Å². The molecule has 0 saturated carbocycles. The van der Waals surface area contributed by atoms with Gasteiger partial charge in [-0.05, 0) is 19.8 Å². The van der Waals surface area contributed by atoms with E-state index in [9.17, 15) is 0 Å². The smallest absolute Gasteiger partial charge is 0.189 e. The van der Waals surface area contributed by atoms with E-state index in [1.807, 2.05) is 17.9 Å². The Labute approximate surface area is 103 Å². The van der Waals surface area contributed by atoms with Crippen LogP contribution in [-0.2, 0) is 20.0 Å². The summed E-state index contributed by atoms with van der Waals surface area (Å²) >= 11 is 0. The molecule has 0 amide bonds. The maximum atomic E-state index is 5.81. The fraction of sp³-hybridized carbons (Fsp3) is 0.667. The molecule has 0 aliphatic rings. The molecule has 1 atom stereocenters. The molecule has 1 unspecified atom stereocenters. The molecule has 1 aromatic heterocycles. The van der Waals surface area contributed by atoms with Gasteiger partial charge in [-0.2, -0.15) is 5.10 Å². The minimum atomic E-state index is 0.360. The molecular weight excluding hydrogens is 214 g/mol. The number of aryl methyl sites for hydroxylation is 2. The molecule has 0 spiro atoms. The second kappa shape index (κ2) is 6.27. The summed E-state index contributed by atoms with van der Waals surface area (Å²) in [6, 6.07) is 0.360. The molecule has 5 heteroatoms. The van der Waals surface area contributed by atoms with Gasteiger partial charge in [0.25, 0.3) is 0 Å². The Balaban J connectivity index is 2.62.